The molecule has 3 aliphatic rings. The minimum Gasteiger partial charge on any atom is -0.507 e. The monoisotopic (exact) mass is 542 g/mol. The summed E-state index contributed by atoms with van der Waals surface area (Å²) in [4.78, 5) is 80.5. The maximum absolute atomic E-state index is 14.0. The number of fused-ring (bicyclic) bond motifs is 3. The Balaban J connectivity index is 1.91. The van der Waals surface area contributed by atoms with E-state index in [-0.39, 0.29) is 30.1 Å². The summed E-state index contributed by atoms with van der Waals surface area (Å²) >= 11 is 0. The van der Waals surface area contributed by atoms with Gasteiger partial charge < -0.3 is 21.1 Å². The number of phenolic OH excluding ortho intramolecular Hbond substituents is 1. The van der Waals surface area contributed by atoms with Gasteiger partial charge in [-0.3, -0.25) is 33.7 Å². The van der Waals surface area contributed by atoms with E-state index in [0.29, 0.717) is 11.1 Å². The van der Waals surface area contributed by atoms with Crippen molar-refractivity contribution < 1.29 is 44.1 Å². The summed E-state index contributed by atoms with van der Waals surface area (Å²) in [7, 11) is 2.86. The zero-order valence-electron chi connectivity index (χ0n) is 22.5. The normalized spacial score (nSPS) is 34.1. The summed E-state index contributed by atoms with van der Waals surface area (Å²) in [6.45, 7) is 5.41. The Morgan fingerprint density at radius 1 is 1.10 bits per heavy atom. The van der Waals surface area contributed by atoms with Crippen LogP contribution >= 0.6 is 0 Å². The number of benzene rings is 1. The second-order valence-electron chi connectivity index (χ2n) is 11.7. The third kappa shape index (κ3) is 4.06. The molecule has 4 rings (SSSR count). The van der Waals surface area contributed by atoms with Crippen LogP contribution in [-0.4, -0.2) is 86.9 Å². The van der Waals surface area contributed by atoms with Crippen molar-refractivity contribution in [1.82, 2.24) is 4.90 Å². The van der Waals surface area contributed by atoms with Gasteiger partial charge in [0.25, 0.3) is 0 Å². The highest BCUT2D eigenvalue weighted by molar-refractivity contribution is 6.32. The lowest BCUT2D eigenvalue weighted by atomic mass is 9.49. The molecule has 0 aliphatic heterocycles. The highest BCUT2D eigenvalue weighted by Crippen LogP contribution is 2.55. The van der Waals surface area contributed by atoms with E-state index in [2.05, 4.69) is 0 Å². The van der Waals surface area contributed by atoms with Crippen LogP contribution in [0.5, 0.6) is 5.75 Å². The molecule has 2 saturated carbocycles. The number of amides is 1. The fourth-order valence-electron chi connectivity index (χ4n) is 7.05. The van der Waals surface area contributed by atoms with Crippen molar-refractivity contribution in [3.8, 4) is 5.75 Å². The molecular weight excluding hydrogens is 508 g/mol. The number of aromatic hydroxyl groups is 1. The second-order valence-corrected chi connectivity index (χ2v) is 11.7. The van der Waals surface area contributed by atoms with Gasteiger partial charge in [0.05, 0.1) is 29.5 Å². The Morgan fingerprint density at radius 2 is 1.72 bits per heavy atom. The number of carbonyl (C=O) groups is 6. The highest BCUT2D eigenvalue weighted by Gasteiger charge is 2.73. The predicted molar refractivity (Wildman–Crippen MR) is 136 cm³/mol. The molecule has 11 nitrogen and oxygen atoms in total. The van der Waals surface area contributed by atoms with Gasteiger partial charge in [0.2, 0.25) is 5.91 Å². The third-order valence-electron chi connectivity index (χ3n) is 8.58. The lowest BCUT2D eigenvalue weighted by Gasteiger charge is -2.56. The zero-order chi connectivity index (χ0) is 29.3. The fraction of sp³-hybridized carbons (Fsp3) is 0.571. The number of carbonyl (C=O) groups excluding carboxylic acids is 6. The molecule has 11 heteroatoms. The predicted octanol–water partition coefficient (Wildman–Crippen LogP) is -0.443. The number of Topliss-reactive ketones (excluding diaryl/α,β-unsaturated/α-hetero) is 5. The van der Waals surface area contributed by atoms with Gasteiger partial charge in [0, 0.05) is 18.8 Å². The number of phenols is 1. The summed E-state index contributed by atoms with van der Waals surface area (Å²) in [5.74, 6) is -13.9. The molecule has 1 aromatic rings. The van der Waals surface area contributed by atoms with E-state index in [4.69, 9.17) is 5.73 Å². The number of rotatable bonds is 6. The molecule has 0 radical (unpaired) electrons. The van der Waals surface area contributed by atoms with E-state index in [9.17, 15) is 44.1 Å². The molecule has 0 heterocycles. The Bertz CT molecular complexity index is 1300. The number of likely N-dealkylation sites (N-methyl/N-ethyl adjacent to an activating group) is 1. The molecule has 3 aliphatic carbocycles. The molecule has 8 atom stereocenters. The van der Waals surface area contributed by atoms with Crippen LogP contribution in [-0.2, 0) is 30.4 Å². The van der Waals surface area contributed by atoms with Gasteiger partial charge in [-0.2, -0.15) is 0 Å². The van der Waals surface area contributed by atoms with Crippen molar-refractivity contribution in [2.45, 2.75) is 57.3 Å². The molecule has 1 aromatic carbocycles. The molecular formula is C28H34N2O9. The van der Waals surface area contributed by atoms with E-state index in [0.717, 1.165) is 0 Å². The maximum atomic E-state index is 14.0. The van der Waals surface area contributed by atoms with Gasteiger partial charge >= 0.3 is 0 Å². The number of primary amides is 1. The zero-order valence-corrected chi connectivity index (χ0v) is 22.5. The van der Waals surface area contributed by atoms with Crippen LogP contribution in [0.2, 0.25) is 0 Å². The lowest BCUT2D eigenvalue weighted by molar-refractivity contribution is -0.196. The molecule has 0 saturated heterocycles. The van der Waals surface area contributed by atoms with E-state index in [1.54, 1.807) is 6.92 Å². The minimum atomic E-state index is -3.05. The van der Waals surface area contributed by atoms with E-state index in [1.165, 1.54) is 31.1 Å². The van der Waals surface area contributed by atoms with Crippen molar-refractivity contribution in [3.63, 3.8) is 0 Å². The van der Waals surface area contributed by atoms with E-state index < -0.39 is 82.1 Å². The van der Waals surface area contributed by atoms with Gasteiger partial charge in [-0.15, -0.1) is 0 Å². The first kappa shape index (κ1) is 28.7. The molecule has 210 valence electrons. The molecule has 0 aromatic heterocycles. The first-order chi connectivity index (χ1) is 18.1. The van der Waals surface area contributed by atoms with Crippen LogP contribution in [0.3, 0.4) is 0 Å². The molecule has 39 heavy (non-hydrogen) atoms. The van der Waals surface area contributed by atoms with Gasteiger partial charge in [-0.05, 0) is 43.1 Å². The van der Waals surface area contributed by atoms with Crippen molar-refractivity contribution in [2.75, 3.05) is 14.1 Å². The van der Waals surface area contributed by atoms with Crippen LogP contribution in [0.15, 0.2) is 12.1 Å². The number of aliphatic hydroxyl groups is 2. The Kier molecular flexibility index (Phi) is 7.16. The number of aliphatic hydroxyl groups excluding tert-OH is 1. The smallest absolute Gasteiger partial charge is 0.235 e. The van der Waals surface area contributed by atoms with E-state index in [1.807, 2.05) is 13.8 Å². The highest BCUT2D eigenvalue weighted by atomic mass is 16.3. The minimum absolute atomic E-state index is 0.0369. The third-order valence-corrected chi connectivity index (χ3v) is 8.58. The number of nitrogens with zero attached hydrogens (tertiary/aromatic N) is 1. The summed E-state index contributed by atoms with van der Waals surface area (Å²) in [5, 5.41) is 34.0. The quantitative estimate of drug-likeness (QED) is 0.342. The first-order valence-corrected chi connectivity index (χ1v) is 13.0. The van der Waals surface area contributed by atoms with Crippen LogP contribution < -0.4 is 5.73 Å². The van der Waals surface area contributed by atoms with Crippen molar-refractivity contribution in [1.29, 1.82) is 0 Å². The average Bonchev–Trinajstić information content (AvgIpc) is 2.81. The largest absolute Gasteiger partial charge is 0.507 e. The van der Waals surface area contributed by atoms with Crippen LogP contribution in [0.4, 0.5) is 0 Å². The topological polar surface area (TPSA) is 192 Å². The molecule has 0 bridgehead atoms. The van der Waals surface area contributed by atoms with Gasteiger partial charge in [-0.1, -0.05) is 26.8 Å². The number of hydrogen-bond donors (Lipinski definition) is 4. The first-order valence-electron chi connectivity index (χ1n) is 13.0. The van der Waals surface area contributed by atoms with Crippen molar-refractivity contribution >= 4 is 34.8 Å². The average molecular weight is 543 g/mol. The Morgan fingerprint density at radius 3 is 2.26 bits per heavy atom. The van der Waals surface area contributed by atoms with E-state index >= 15 is 0 Å². The lowest BCUT2D eigenvalue weighted by Crippen LogP contribution is -2.77. The van der Waals surface area contributed by atoms with Gasteiger partial charge in [-0.25, -0.2) is 0 Å². The number of nitrogens with two attached hydrogens (primary N) is 1. The van der Waals surface area contributed by atoms with Crippen LogP contribution in [0, 0.1) is 29.6 Å². The molecule has 0 spiro atoms. The standard InChI is InChI=1S/C28H34N2O9/c1-10(2)8-13(31)9-12-6-7-14(32)17-15(12)11(3)16-18(22(17)33)25(36)28(39)20(23(16)34)21(30(4)5)24(35)19(26(28)37)27(29)38/h6-7,10-11,16,18-21,23,32,34,39H,8-9H2,1-5H3,(H2,29,38)/t11-,16+,18?,19?,20+,21-,23-,28-/m1/s1. The Hall–Kier alpha value is -3.28. The SMILES string of the molecule is CC(C)CC(=O)Cc1ccc(O)c2c1[C@@H](C)[C@H]1C(C2=O)C(=O)[C@@]2(O)C(=O)C(C(N)=O)C(=O)[C@H](N(C)C)[C@H]2[C@@H]1O. The molecule has 1 amide bonds. The number of ketones is 5. The molecule has 2 fully saturated rings. The summed E-state index contributed by atoms with van der Waals surface area (Å²) in [6.07, 6.45) is -1.47. The maximum Gasteiger partial charge on any atom is 0.235 e. The molecule has 5 N–H and O–H groups in total. The van der Waals surface area contributed by atoms with Crippen molar-refractivity contribution in [3.05, 3.63) is 28.8 Å². The fourth-order valence-corrected chi connectivity index (χ4v) is 7.05. The van der Waals surface area contributed by atoms with Crippen LogP contribution in [0.1, 0.15) is 54.6 Å². The van der Waals surface area contributed by atoms with Crippen molar-refractivity contribution in [2.24, 2.45) is 35.3 Å². The number of hydrogen-bond acceptors (Lipinski definition) is 10. The summed E-state index contributed by atoms with van der Waals surface area (Å²) < 4.78 is 0. The molecule has 2 unspecified atom stereocenters. The summed E-state index contributed by atoms with van der Waals surface area (Å²) in [6, 6.07) is 1.33. The second kappa shape index (κ2) is 9.72. The van der Waals surface area contributed by atoms with Crippen LogP contribution in [0.25, 0.3) is 0 Å². The van der Waals surface area contributed by atoms with Gasteiger partial charge in [0.1, 0.15) is 11.5 Å². The van der Waals surface area contributed by atoms with Gasteiger partial charge in [0.15, 0.2) is 34.7 Å². The Labute approximate surface area is 225 Å². The summed E-state index contributed by atoms with van der Waals surface area (Å²) in [5.41, 5.74) is 2.82.